The van der Waals surface area contributed by atoms with Gasteiger partial charge in [0.1, 0.15) is 6.33 Å². The zero-order chi connectivity index (χ0) is 13.7. The number of carbonyl (C=O) groups is 1. The van der Waals surface area contributed by atoms with Crippen LogP contribution in [-0.4, -0.2) is 27.6 Å². The Kier molecular flexibility index (Phi) is 4.53. The molecule has 2 aromatic rings. The van der Waals surface area contributed by atoms with E-state index in [2.05, 4.69) is 20.5 Å². The number of anilines is 1. The molecule has 7 heteroatoms. The van der Waals surface area contributed by atoms with Gasteiger partial charge in [0.2, 0.25) is 5.91 Å². The fourth-order valence-electron chi connectivity index (χ4n) is 1.33. The van der Waals surface area contributed by atoms with Crippen molar-refractivity contribution < 1.29 is 4.79 Å². The molecule has 4 N–H and O–H groups in total. The summed E-state index contributed by atoms with van der Waals surface area (Å²) in [4.78, 5) is 16.7. The lowest BCUT2D eigenvalue weighted by molar-refractivity contribution is -0.119. The maximum atomic E-state index is 11.7. The third-order valence-corrected chi connectivity index (χ3v) is 3.43. The summed E-state index contributed by atoms with van der Waals surface area (Å²) in [6.45, 7) is 2.13. The quantitative estimate of drug-likeness (QED) is 0.769. The predicted octanol–water partition coefficient (Wildman–Crippen LogP) is 1.49. The Labute approximate surface area is 115 Å². The Balaban J connectivity index is 1.96. The molecule has 1 amide bonds. The lowest BCUT2D eigenvalue weighted by Gasteiger charge is -2.10. The summed E-state index contributed by atoms with van der Waals surface area (Å²) in [6, 6.07) is 7.52. The van der Waals surface area contributed by atoms with Gasteiger partial charge >= 0.3 is 0 Å². The Bertz CT molecular complexity index is 526. The number of aromatic nitrogens is 3. The van der Waals surface area contributed by atoms with Crippen LogP contribution in [0.3, 0.4) is 0 Å². The van der Waals surface area contributed by atoms with Crippen molar-refractivity contribution in [3.05, 3.63) is 30.6 Å². The zero-order valence-electron chi connectivity index (χ0n) is 10.5. The second-order valence-corrected chi connectivity index (χ2v) is 5.11. The molecule has 0 fully saturated rings. The molecule has 6 nitrogen and oxygen atoms in total. The summed E-state index contributed by atoms with van der Waals surface area (Å²) in [7, 11) is 0. The van der Waals surface area contributed by atoms with E-state index in [-0.39, 0.29) is 11.8 Å². The first kappa shape index (κ1) is 13.6. The Morgan fingerprint density at radius 1 is 1.47 bits per heavy atom. The fraction of sp³-hybridized carbons (Fsp3) is 0.250. The monoisotopic (exact) mass is 277 g/mol. The largest absolute Gasteiger partial charge is 0.330 e. The molecular formula is C12H15N5OS. The zero-order valence-corrected chi connectivity index (χ0v) is 11.3. The molecule has 0 spiro atoms. The van der Waals surface area contributed by atoms with Gasteiger partial charge < -0.3 is 11.1 Å². The van der Waals surface area contributed by atoms with Crippen LogP contribution in [0.5, 0.6) is 0 Å². The first-order chi connectivity index (χ1) is 9.19. The minimum Gasteiger partial charge on any atom is -0.330 e. The molecule has 0 aliphatic rings. The van der Waals surface area contributed by atoms with Crippen molar-refractivity contribution in [2.45, 2.75) is 17.0 Å². The van der Waals surface area contributed by atoms with Gasteiger partial charge in [-0.15, -0.1) is 0 Å². The number of benzene rings is 1. The summed E-state index contributed by atoms with van der Waals surface area (Å²) in [6.07, 6.45) is 1.46. The number of carbonyl (C=O) groups excluding carboxylic acids is 1. The predicted molar refractivity (Wildman–Crippen MR) is 73.8 cm³/mol. The van der Waals surface area contributed by atoms with Crippen LogP contribution < -0.4 is 11.1 Å². The van der Waals surface area contributed by atoms with Crippen LogP contribution in [0, 0.1) is 5.92 Å². The van der Waals surface area contributed by atoms with Crippen molar-refractivity contribution in [1.82, 2.24) is 15.2 Å². The van der Waals surface area contributed by atoms with Crippen molar-refractivity contribution in [2.24, 2.45) is 11.7 Å². The van der Waals surface area contributed by atoms with Gasteiger partial charge in [0.15, 0.2) is 5.16 Å². The van der Waals surface area contributed by atoms with Gasteiger partial charge in [0.25, 0.3) is 0 Å². The average Bonchev–Trinajstić information content (AvgIpc) is 2.93. The topological polar surface area (TPSA) is 96.7 Å². The molecule has 19 heavy (non-hydrogen) atoms. The summed E-state index contributed by atoms with van der Waals surface area (Å²) < 4.78 is 0. The highest BCUT2D eigenvalue weighted by Gasteiger charge is 2.10. The molecule has 100 valence electrons. The molecule has 1 aromatic carbocycles. The Hall–Kier alpha value is -1.86. The summed E-state index contributed by atoms with van der Waals surface area (Å²) in [5, 5.41) is 10.1. The molecule has 0 bridgehead atoms. The highest BCUT2D eigenvalue weighted by Crippen LogP contribution is 2.25. The van der Waals surface area contributed by atoms with E-state index in [4.69, 9.17) is 5.73 Å². The summed E-state index contributed by atoms with van der Waals surface area (Å²) >= 11 is 1.47. The SMILES string of the molecule is CC(CN)C(=O)Nc1ccc(Sc2ncn[nH]2)cc1. The average molecular weight is 277 g/mol. The third-order valence-electron chi connectivity index (χ3n) is 2.53. The molecule has 1 atom stereocenters. The van der Waals surface area contributed by atoms with Crippen LogP contribution in [-0.2, 0) is 4.79 Å². The molecule has 0 saturated carbocycles. The van der Waals surface area contributed by atoms with E-state index in [1.165, 1.54) is 18.1 Å². The first-order valence-electron chi connectivity index (χ1n) is 5.83. The number of nitrogens with one attached hydrogen (secondary N) is 2. The summed E-state index contributed by atoms with van der Waals surface area (Å²) in [5.74, 6) is -0.263. The Morgan fingerprint density at radius 3 is 2.79 bits per heavy atom. The Morgan fingerprint density at radius 2 is 2.21 bits per heavy atom. The van der Waals surface area contributed by atoms with E-state index in [9.17, 15) is 4.79 Å². The van der Waals surface area contributed by atoms with Crippen molar-refractivity contribution in [3.63, 3.8) is 0 Å². The molecule has 0 aliphatic carbocycles. The molecule has 1 unspecified atom stereocenters. The van der Waals surface area contributed by atoms with Crippen molar-refractivity contribution in [1.29, 1.82) is 0 Å². The number of amides is 1. The van der Waals surface area contributed by atoms with Crippen LogP contribution in [0.1, 0.15) is 6.92 Å². The van der Waals surface area contributed by atoms with E-state index in [0.29, 0.717) is 6.54 Å². The van der Waals surface area contributed by atoms with Gasteiger partial charge in [-0.2, -0.15) is 5.10 Å². The molecule has 1 heterocycles. The molecule has 1 aromatic heterocycles. The smallest absolute Gasteiger partial charge is 0.228 e. The van der Waals surface area contributed by atoms with E-state index >= 15 is 0 Å². The van der Waals surface area contributed by atoms with Gasteiger partial charge in [-0.25, -0.2) is 4.98 Å². The van der Waals surface area contributed by atoms with Gasteiger partial charge in [-0.05, 0) is 24.3 Å². The lowest BCUT2D eigenvalue weighted by atomic mass is 10.1. The molecule has 0 radical (unpaired) electrons. The highest BCUT2D eigenvalue weighted by molar-refractivity contribution is 7.99. The number of hydrogen-bond acceptors (Lipinski definition) is 5. The number of nitrogens with zero attached hydrogens (tertiary/aromatic N) is 2. The van der Waals surface area contributed by atoms with Crippen molar-refractivity contribution >= 4 is 23.4 Å². The van der Waals surface area contributed by atoms with Crippen molar-refractivity contribution in [2.75, 3.05) is 11.9 Å². The second-order valence-electron chi connectivity index (χ2n) is 4.04. The maximum absolute atomic E-state index is 11.7. The van der Waals surface area contributed by atoms with E-state index < -0.39 is 0 Å². The fourth-order valence-corrected chi connectivity index (χ4v) is 2.03. The standard InChI is InChI=1S/C12H15N5OS/c1-8(6-13)11(18)16-9-2-4-10(5-3-9)19-12-14-7-15-17-12/h2-5,7-8H,6,13H2,1H3,(H,16,18)(H,14,15,17). The normalized spacial score (nSPS) is 12.1. The van der Waals surface area contributed by atoms with Crippen molar-refractivity contribution in [3.8, 4) is 0 Å². The number of rotatable bonds is 5. The molecule has 2 rings (SSSR count). The van der Waals surface area contributed by atoms with Crippen LogP contribution in [0.25, 0.3) is 0 Å². The van der Waals surface area contributed by atoms with Gasteiger partial charge in [0, 0.05) is 23.0 Å². The van der Waals surface area contributed by atoms with E-state index in [1.807, 2.05) is 24.3 Å². The van der Waals surface area contributed by atoms with Gasteiger partial charge in [-0.1, -0.05) is 18.7 Å². The highest BCUT2D eigenvalue weighted by atomic mass is 32.2. The van der Waals surface area contributed by atoms with E-state index in [1.54, 1.807) is 6.92 Å². The van der Waals surface area contributed by atoms with Crippen LogP contribution in [0.4, 0.5) is 5.69 Å². The maximum Gasteiger partial charge on any atom is 0.228 e. The number of nitrogens with two attached hydrogens (primary N) is 1. The van der Waals surface area contributed by atoms with Gasteiger partial charge in [0.05, 0.1) is 0 Å². The number of H-pyrrole nitrogens is 1. The van der Waals surface area contributed by atoms with Crippen LogP contribution >= 0.6 is 11.8 Å². The molecular weight excluding hydrogens is 262 g/mol. The molecule has 0 aliphatic heterocycles. The first-order valence-corrected chi connectivity index (χ1v) is 6.65. The minimum absolute atomic E-state index is 0.0712. The molecule has 0 saturated heterocycles. The van der Waals surface area contributed by atoms with Gasteiger partial charge in [-0.3, -0.25) is 9.89 Å². The minimum atomic E-state index is -0.191. The third kappa shape index (κ3) is 3.80. The lowest BCUT2D eigenvalue weighted by Crippen LogP contribution is -2.26. The van der Waals surface area contributed by atoms with Crippen LogP contribution in [0.2, 0.25) is 0 Å². The summed E-state index contributed by atoms with van der Waals surface area (Å²) in [5.41, 5.74) is 6.20. The number of hydrogen-bond donors (Lipinski definition) is 3. The van der Waals surface area contributed by atoms with Crippen LogP contribution in [0.15, 0.2) is 40.6 Å². The second kappa shape index (κ2) is 6.35. The van der Waals surface area contributed by atoms with E-state index in [0.717, 1.165) is 15.7 Å². The number of aromatic amines is 1.